The van der Waals surface area contributed by atoms with Gasteiger partial charge in [-0.25, -0.2) is 0 Å². The number of fused-ring (bicyclic) bond motifs is 4. The molecule has 0 saturated heterocycles. The predicted octanol–water partition coefficient (Wildman–Crippen LogP) is 9.02. The van der Waals surface area contributed by atoms with E-state index < -0.39 is 0 Å². The molecule has 0 N–H and O–H groups in total. The smallest absolute Gasteiger partial charge is 0.305 e. The highest BCUT2D eigenvalue weighted by Gasteiger charge is 3.06. The van der Waals surface area contributed by atoms with Crippen molar-refractivity contribution in [3.8, 4) is 0 Å². The summed E-state index contributed by atoms with van der Waals surface area (Å²) in [4.78, 5) is 13.1. The normalized spacial score (nSPS) is 69.9. The van der Waals surface area contributed by atoms with Crippen LogP contribution in [0.3, 0.4) is 0 Å². The summed E-state index contributed by atoms with van der Waals surface area (Å²) < 4.78 is 5.43. The van der Waals surface area contributed by atoms with Gasteiger partial charge in [0.05, 0.1) is 7.11 Å². The lowest BCUT2D eigenvalue weighted by atomic mass is 9.43. The van der Waals surface area contributed by atoms with Crippen molar-refractivity contribution < 1.29 is 9.53 Å². The average molecular weight is 711 g/mol. The lowest BCUT2D eigenvalue weighted by Gasteiger charge is -2.61. The number of benzene rings is 1. The molecule has 0 aliphatic heterocycles. The number of carbonyl (C=O) groups is 1. The monoisotopic (exact) mass is 710 g/mol. The predicted molar refractivity (Wildman–Crippen MR) is 203 cm³/mol. The second-order valence-corrected chi connectivity index (χ2v) is 23.7. The maximum Gasteiger partial charge on any atom is 0.305 e. The summed E-state index contributed by atoms with van der Waals surface area (Å²) in [5.41, 5.74) is 6.60. The Balaban J connectivity index is 1.02. The van der Waals surface area contributed by atoms with Crippen LogP contribution in [0.15, 0.2) is 77.9 Å². The number of rotatable bonds is 5. The zero-order valence-corrected chi connectivity index (χ0v) is 31.6. The molecule has 1 aromatic rings. The maximum atomic E-state index is 13.1. The number of carbonyl (C=O) groups excluding carboxylic acids is 1. The Morgan fingerprint density at radius 2 is 1.20 bits per heavy atom. The Hall–Kier alpha value is -2.35. The molecule has 29 unspecified atom stereocenters. The second kappa shape index (κ2) is 8.04. The van der Waals surface area contributed by atoms with E-state index in [2.05, 4.69) is 66.8 Å². The van der Waals surface area contributed by atoms with Crippen LogP contribution < -0.4 is 0 Å². The van der Waals surface area contributed by atoms with Gasteiger partial charge in [0.1, 0.15) is 0 Å². The highest BCUT2D eigenvalue weighted by atomic mass is 16.5. The fourth-order valence-corrected chi connectivity index (χ4v) is 26.7. The molecule has 2 nitrogen and oxygen atoms in total. The first kappa shape index (κ1) is 28.1. The van der Waals surface area contributed by atoms with Gasteiger partial charge in [0.15, 0.2) is 0 Å². The van der Waals surface area contributed by atoms with Crippen LogP contribution in [-0.2, 0) is 14.9 Å². The van der Waals surface area contributed by atoms with Gasteiger partial charge >= 0.3 is 5.97 Å². The largest absolute Gasteiger partial charge is 0.469 e. The van der Waals surface area contributed by atoms with Crippen molar-refractivity contribution in [3.05, 3.63) is 83.5 Å². The highest BCUT2D eigenvalue weighted by molar-refractivity contribution is 5.69. The highest BCUT2D eigenvalue weighted by Crippen LogP contribution is 3.08. The zero-order chi connectivity index (χ0) is 34.3. The van der Waals surface area contributed by atoms with E-state index in [1.165, 1.54) is 12.8 Å². The van der Waals surface area contributed by atoms with Crippen LogP contribution >= 0.6 is 0 Å². The Morgan fingerprint density at radius 1 is 0.574 bits per heavy atom. The van der Waals surface area contributed by atoms with Crippen LogP contribution in [-0.4, -0.2) is 13.1 Å². The molecule has 274 valence electrons. The van der Waals surface area contributed by atoms with Gasteiger partial charge in [0, 0.05) is 11.8 Å². The van der Waals surface area contributed by atoms with Crippen LogP contribution in [0, 0.1) is 165 Å². The average Bonchev–Trinajstić information content (AvgIpc) is 3.86. The number of allylic oxidation sites excluding steroid dienone is 8. The van der Waals surface area contributed by atoms with Crippen LogP contribution in [0.4, 0.5) is 0 Å². The van der Waals surface area contributed by atoms with Gasteiger partial charge in [-0.1, -0.05) is 66.8 Å². The number of methoxy groups -OCH3 is 1. The van der Waals surface area contributed by atoms with Gasteiger partial charge in [-0.3, -0.25) is 4.79 Å². The first-order valence-corrected chi connectivity index (χ1v) is 23.6. The molecule has 0 heterocycles. The lowest BCUT2D eigenvalue weighted by molar-refractivity contribution is -0.143. The molecule has 2 spiro atoms. The molecule has 1 aromatic carbocycles. The minimum atomic E-state index is 0.0265. The van der Waals surface area contributed by atoms with Crippen molar-refractivity contribution in [2.24, 2.45) is 165 Å². The minimum Gasteiger partial charge on any atom is -0.469 e. The van der Waals surface area contributed by atoms with E-state index >= 15 is 0 Å². The summed E-state index contributed by atoms with van der Waals surface area (Å²) in [5, 5.41) is 0. The number of hydrogen-bond donors (Lipinski definition) is 0. The quantitative estimate of drug-likeness (QED) is 0.225. The summed E-state index contributed by atoms with van der Waals surface area (Å²) in [6.45, 7) is 0. The van der Waals surface area contributed by atoms with Crippen LogP contribution in [0.2, 0.25) is 0 Å². The summed E-state index contributed by atoms with van der Waals surface area (Å²) in [7, 11) is 1.63. The first-order valence-electron chi connectivity index (χ1n) is 23.6. The molecule has 18 rings (SSSR count). The van der Waals surface area contributed by atoms with E-state index in [0.717, 1.165) is 160 Å². The second-order valence-electron chi connectivity index (χ2n) is 23.7. The SMILES string of the molecule is COC(=O)CCCC1(c2ccccc2)C23C4C5C=CC6=C7C=CC8C9C=CC%10C%11CCC%12C%13CCC5C2C%13C2C%12C%11C5C%10C9C9C8C7C(C64)C4C9C5C2C413. The molecule has 0 radical (unpaired) electrons. The van der Waals surface area contributed by atoms with Crippen molar-refractivity contribution in [1.29, 1.82) is 0 Å². The van der Waals surface area contributed by atoms with Gasteiger partial charge in [-0.15, -0.1) is 0 Å². The molecule has 2 heteroatoms. The Morgan fingerprint density at radius 3 is 2.06 bits per heavy atom. The molecule has 17 aliphatic carbocycles. The fourth-order valence-electron chi connectivity index (χ4n) is 26.7. The van der Waals surface area contributed by atoms with Crippen molar-refractivity contribution >= 4 is 5.97 Å². The van der Waals surface area contributed by atoms with E-state index in [1.54, 1.807) is 31.9 Å². The van der Waals surface area contributed by atoms with Crippen molar-refractivity contribution in [1.82, 2.24) is 0 Å². The third-order valence-electron chi connectivity index (χ3n) is 25.1. The topological polar surface area (TPSA) is 26.3 Å². The molecule has 0 amide bonds. The molecule has 13 saturated carbocycles. The van der Waals surface area contributed by atoms with Gasteiger partial charge in [0.2, 0.25) is 0 Å². The molecule has 17 aliphatic rings. The van der Waals surface area contributed by atoms with E-state index in [0.29, 0.717) is 17.3 Å². The minimum absolute atomic E-state index is 0.0265. The number of ether oxygens (including phenoxy) is 1. The Bertz CT molecular complexity index is 2210. The van der Waals surface area contributed by atoms with Gasteiger partial charge in [0.25, 0.3) is 0 Å². The summed E-state index contributed by atoms with van der Waals surface area (Å²) in [6, 6.07) is 12.6. The molecule has 0 aromatic heterocycles. The summed E-state index contributed by atoms with van der Waals surface area (Å²) in [5.74, 6) is 24.3. The van der Waals surface area contributed by atoms with Gasteiger partial charge in [-0.2, -0.15) is 0 Å². The van der Waals surface area contributed by atoms with Crippen molar-refractivity contribution in [2.45, 2.75) is 50.4 Å². The van der Waals surface area contributed by atoms with Crippen LogP contribution in [0.1, 0.15) is 50.5 Å². The van der Waals surface area contributed by atoms with Crippen molar-refractivity contribution in [2.75, 3.05) is 7.11 Å². The molecule has 0 bridgehead atoms. The third kappa shape index (κ3) is 2.13. The Kier molecular flexibility index (Phi) is 4.18. The molecular weight excluding hydrogens is 657 g/mol. The maximum absolute atomic E-state index is 13.1. The van der Waals surface area contributed by atoms with Gasteiger partial charge < -0.3 is 4.74 Å². The number of esters is 1. The van der Waals surface area contributed by atoms with E-state index in [-0.39, 0.29) is 11.4 Å². The van der Waals surface area contributed by atoms with Crippen LogP contribution in [0.5, 0.6) is 0 Å². The van der Waals surface area contributed by atoms with Crippen LogP contribution in [0.25, 0.3) is 0 Å². The standard InChI is InChI=1S/C52H54O2/c1-54-31(53)8-5-19-50(20-6-3-2-4-7-20)51-46-29-17-15-27-25-13-11-23-21-9-10-22-24-12-14-26-28-16-18-30(29)47(51)39(28)43-37(26)35(24)41-33(22)32(21)40-34(23)36(25)42(38(27)46)48-44(40)45(41)49(43)52(48,50)51/h2-4,6-7,9-11,13,15,17,21-24,26,28-30,32-49H,5,8,12,14,16,18-19H2,1H3. The fraction of sp³-hybridized carbons (Fsp3) is 0.712. The molecule has 13 fully saturated rings. The van der Waals surface area contributed by atoms with E-state index in [1.807, 2.05) is 11.1 Å². The van der Waals surface area contributed by atoms with E-state index in [9.17, 15) is 4.79 Å². The zero-order valence-electron chi connectivity index (χ0n) is 31.6. The molecule has 29 atom stereocenters. The molecular formula is C52H54O2. The van der Waals surface area contributed by atoms with Crippen molar-refractivity contribution in [3.63, 3.8) is 0 Å². The van der Waals surface area contributed by atoms with Gasteiger partial charge in [-0.05, 0) is 220 Å². The summed E-state index contributed by atoms with van der Waals surface area (Å²) >= 11 is 0. The third-order valence-corrected chi connectivity index (χ3v) is 25.1. The number of hydrogen-bond acceptors (Lipinski definition) is 2. The summed E-state index contributed by atoms with van der Waals surface area (Å²) in [6.07, 6.45) is 26.4. The Labute approximate surface area is 320 Å². The molecule has 54 heavy (non-hydrogen) atoms. The first-order chi connectivity index (χ1) is 26.7. The van der Waals surface area contributed by atoms with E-state index in [4.69, 9.17) is 4.74 Å². The lowest BCUT2D eigenvalue weighted by Crippen LogP contribution is -2.58.